The van der Waals surface area contributed by atoms with Gasteiger partial charge in [0.15, 0.2) is 9.84 Å². The first kappa shape index (κ1) is 31.5. The van der Waals surface area contributed by atoms with Crippen LogP contribution in [-0.4, -0.2) is 24.7 Å². The first-order chi connectivity index (χ1) is 19.4. The van der Waals surface area contributed by atoms with Crippen molar-refractivity contribution in [2.24, 2.45) is 0 Å². The fourth-order valence-corrected chi connectivity index (χ4v) is 6.32. The Morgan fingerprint density at radius 3 is 1.93 bits per heavy atom. The molecule has 0 fully saturated rings. The maximum absolute atomic E-state index is 13.2. The molecule has 0 bridgehead atoms. The molecule has 0 aliphatic heterocycles. The largest absolute Gasteiger partial charge is 0.455 e. The number of benzene rings is 3. The molecular weight excluding hydrogens is 563 g/mol. The highest BCUT2D eigenvalue weighted by atomic mass is 32.2. The van der Waals surface area contributed by atoms with Crippen LogP contribution >= 0.6 is 0 Å². The van der Waals surface area contributed by atoms with Gasteiger partial charge in [0.05, 0.1) is 17.0 Å². The fraction of sp³-hybridized carbons (Fsp3) is 0.333. The zero-order valence-corrected chi connectivity index (χ0v) is 25.4. The molecule has 0 saturated carbocycles. The number of hydrogen-bond donors (Lipinski definition) is 1. The molecule has 1 heterocycles. The Labute approximate surface area is 245 Å². The summed E-state index contributed by atoms with van der Waals surface area (Å²) in [6, 6.07) is 19.1. The van der Waals surface area contributed by atoms with Crippen molar-refractivity contribution < 1.29 is 31.1 Å². The van der Waals surface area contributed by atoms with Gasteiger partial charge in [-0.15, -0.1) is 0 Å². The summed E-state index contributed by atoms with van der Waals surface area (Å²) in [5.41, 5.74) is 5.89. The van der Waals surface area contributed by atoms with Crippen LogP contribution in [0.2, 0.25) is 0 Å². The molecule has 9 heteroatoms. The minimum Gasteiger partial charge on any atom is -0.455 e. The number of halogens is 3. The van der Waals surface area contributed by atoms with Gasteiger partial charge in [-0.1, -0.05) is 54.1 Å². The fourth-order valence-electron chi connectivity index (χ4n) is 5.26. The third kappa shape index (κ3) is 7.51. The summed E-state index contributed by atoms with van der Waals surface area (Å²) in [5, 5.41) is 10.5. The van der Waals surface area contributed by atoms with Crippen LogP contribution in [0.4, 0.5) is 13.2 Å². The number of aliphatic hydroxyl groups is 1. The molecule has 5 nitrogen and oxygen atoms in total. The number of hydrogen-bond acceptors (Lipinski definition) is 5. The number of rotatable bonds is 9. The summed E-state index contributed by atoms with van der Waals surface area (Å²) in [6.45, 7) is 10.3. The van der Waals surface area contributed by atoms with Gasteiger partial charge in [0.2, 0.25) is 5.76 Å². The van der Waals surface area contributed by atoms with Gasteiger partial charge in [0.25, 0.3) is 0 Å². The molecule has 0 saturated heterocycles. The number of sulfone groups is 1. The second kappa shape index (κ2) is 11.7. The van der Waals surface area contributed by atoms with Crippen LogP contribution in [0.3, 0.4) is 0 Å². The van der Waals surface area contributed by atoms with Crippen molar-refractivity contribution in [3.8, 4) is 11.1 Å². The smallest absolute Gasteiger partial charge is 0.449 e. The third-order valence-corrected chi connectivity index (χ3v) is 8.41. The molecule has 42 heavy (non-hydrogen) atoms. The Kier molecular flexibility index (Phi) is 8.79. The molecule has 0 atom stereocenters. The quantitative estimate of drug-likeness (QED) is 0.213. The number of nitrogens with zero attached hydrogens (tertiary/aromatic N) is 1. The van der Waals surface area contributed by atoms with E-state index in [1.165, 1.54) is 6.07 Å². The second-order valence-corrected chi connectivity index (χ2v) is 13.5. The van der Waals surface area contributed by atoms with Crippen LogP contribution < -0.4 is 0 Å². The Balaban J connectivity index is 1.63. The standard InChI is InChI=1S/C33H36F3NO4S/c1-21-15-22(2)28(23(3)16-21)20-37(19-27-12-14-31(41-27)33(34,35)36)18-24-7-9-25(10-8-24)26-11-13-29(32(4,5)38)30(17-26)42(6,39)40/h7-17,38H,18-20H2,1-6H3. The lowest BCUT2D eigenvalue weighted by atomic mass is 9.95. The van der Waals surface area contributed by atoms with Crippen molar-refractivity contribution in [3.63, 3.8) is 0 Å². The highest BCUT2D eigenvalue weighted by molar-refractivity contribution is 7.90. The van der Waals surface area contributed by atoms with Crippen LogP contribution in [0.5, 0.6) is 0 Å². The Bertz CT molecular complexity index is 1660. The van der Waals surface area contributed by atoms with Gasteiger partial charge >= 0.3 is 6.18 Å². The van der Waals surface area contributed by atoms with E-state index in [4.69, 9.17) is 4.42 Å². The summed E-state index contributed by atoms with van der Waals surface area (Å²) in [6.07, 6.45) is -3.43. The van der Waals surface area contributed by atoms with Gasteiger partial charge in [-0.2, -0.15) is 13.2 Å². The molecule has 0 aliphatic carbocycles. The Morgan fingerprint density at radius 1 is 0.810 bits per heavy atom. The molecule has 0 unspecified atom stereocenters. The Hall–Kier alpha value is -3.40. The van der Waals surface area contributed by atoms with Crippen molar-refractivity contribution in [2.45, 2.75) is 70.9 Å². The molecule has 0 amide bonds. The lowest BCUT2D eigenvalue weighted by Crippen LogP contribution is -2.23. The zero-order valence-electron chi connectivity index (χ0n) is 24.6. The molecule has 1 N–H and O–H groups in total. The highest BCUT2D eigenvalue weighted by Gasteiger charge is 2.35. The van der Waals surface area contributed by atoms with Crippen molar-refractivity contribution in [2.75, 3.05) is 6.26 Å². The number of alkyl halides is 3. The van der Waals surface area contributed by atoms with E-state index < -0.39 is 27.4 Å². The normalized spacial score (nSPS) is 12.7. The van der Waals surface area contributed by atoms with Crippen molar-refractivity contribution in [1.29, 1.82) is 0 Å². The molecule has 0 radical (unpaired) electrons. The van der Waals surface area contributed by atoms with Gasteiger partial charge in [-0.25, -0.2) is 8.42 Å². The van der Waals surface area contributed by atoms with Crippen LogP contribution in [0.1, 0.15) is 58.7 Å². The molecule has 224 valence electrons. The van der Waals surface area contributed by atoms with Crippen LogP contribution in [0.25, 0.3) is 11.1 Å². The molecule has 0 spiro atoms. The molecular formula is C33H36F3NO4S. The van der Waals surface area contributed by atoms with Crippen molar-refractivity contribution >= 4 is 9.84 Å². The van der Waals surface area contributed by atoms with E-state index >= 15 is 0 Å². The molecule has 4 rings (SSSR count). The van der Waals surface area contributed by atoms with Gasteiger partial charge in [-0.05, 0) is 86.2 Å². The average molecular weight is 600 g/mol. The SMILES string of the molecule is Cc1cc(C)c(CN(Cc2ccc(-c3ccc(C(C)(C)O)c(S(C)(=O)=O)c3)cc2)Cc2ccc(C(F)(F)F)o2)c(C)c1. The van der Waals surface area contributed by atoms with E-state index in [2.05, 4.69) is 12.1 Å². The maximum atomic E-state index is 13.2. The van der Waals surface area contributed by atoms with Gasteiger partial charge in [0, 0.05) is 24.9 Å². The minimum absolute atomic E-state index is 0.0725. The lowest BCUT2D eigenvalue weighted by Gasteiger charge is -2.24. The van der Waals surface area contributed by atoms with E-state index in [1.807, 2.05) is 49.9 Å². The second-order valence-electron chi connectivity index (χ2n) is 11.5. The van der Waals surface area contributed by atoms with Crippen molar-refractivity contribution in [3.05, 3.63) is 112 Å². The lowest BCUT2D eigenvalue weighted by molar-refractivity contribution is -0.153. The van der Waals surface area contributed by atoms with E-state index in [0.717, 1.165) is 45.7 Å². The summed E-state index contributed by atoms with van der Waals surface area (Å²) >= 11 is 0. The monoisotopic (exact) mass is 599 g/mol. The molecule has 4 aromatic rings. The first-order valence-electron chi connectivity index (χ1n) is 13.5. The average Bonchev–Trinajstić information content (AvgIpc) is 3.34. The zero-order chi connectivity index (χ0) is 31.0. The van der Waals surface area contributed by atoms with Crippen LogP contribution in [0.15, 0.2) is 76.0 Å². The predicted octanol–water partition coefficient (Wildman–Crippen LogP) is 7.72. The number of aryl methyl sites for hydroxylation is 3. The number of furan rings is 1. The maximum Gasteiger partial charge on any atom is 0.449 e. The summed E-state index contributed by atoms with van der Waals surface area (Å²) in [5.74, 6) is -0.796. The highest BCUT2D eigenvalue weighted by Crippen LogP contribution is 2.33. The van der Waals surface area contributed by atoms with E-state index in [-0.39, 0.29) is 17.2 Å². The molecule has 1 aromatic heterocycles. The summed E-state index contributed by atoms with van der Waals surface area (Å²) in [7, 11) is -3.59. The minimum atomic E-state index is -4.55. The van der Waals surface area contributed by atoms with E-state index in [9.17, 15) is 26.7 Å². The summed E-state index contributed by atoms with van der Waals surface area (Å²) < 4.78 is 69.7. The first-order valence-corrected chi connectivity index (χ1v) is 15.4. The van der Waals surface area contributed by atoms with Gasteiger partial charge < -0.3 is 9.52 Å². The van der Waals surface area contributed by atoms with Gasteiger partial charge in [-0.3, -0.25) is 4.90 Å². The van der Waals surface area contributed by atoms with Crippen LogP contribution in [0, 0.1) is 20.8 Å². The summed E-state index contributed by atoms with van der Waals surface area (Å²) in [4.78, 5) is 2.11. The topological polar surface area (TPSA) is 70.8 Å². The van der Waals surface area contributed by atoms with Crippen LogP contribution in [-0.2, 0) is 41.2 Å². The predicted molar refractivity (Wildman–Crippen MR) is 158 cm³/mol. The third-order valence-electron chi connectivity index (χ3n) is 7.28. The molecule has 3 aromatic carbocycles. The van der Waals surface area contributed by atoms with E-state index in [1.54, 1.807) is 32.0 Å². The Morgan fingerprint density at radius 2 is 1.40 bits per heavy atom. The van der Waals surface area contributed by atoms with Crippen molar-refractivity contribution in [1.82, 2.24) is 4.90 Å². The molecule has 0 aliphatic rings. The van der Waals surface area contributed by atoms with E-state index in [0.29, 0.717) is 24.2 Å². The van der Waals surface area contributed by atoms with Gasteiger partial charge in [0.1, 0.15) is 5.76 Å².